The Labute approximate surface area is 257 Å². The molecule has 0 aliphatic heterocycles. The molecule has 2 aromatic carbocycles. The van der Waals surface area contributed by atoms with Gasteiger partial charge in [-0.15, -0.1) is 0 Å². The molecule has 0 bridgehead atoms. The lowest BCUT2D eigenvalue weighted by molar-refractivity contribution is 0.0994. The maximum absolute atomic E-state index is 6.44. The Balaban J connectivity index is 1.43. The fourth-order valence-corrected chi connectivity index (χ4v) is 6.31. The van der Waals surface area contributed by atoms with Crippen molar-refractivity contribution in [1.82, 2.24) is 0 Å². The predicted molar refractivity (Wildman–Crippen MR) is 153 cm³/mol. The summed E-state index contributed by atoms with van der Waals surface area (Å²) < 4.78 is 22.3. The van der Waals surface area contributed by atoms with Crippen LogP contribution >= 0.6 is 105 Å². The average Bonchev–Trinajstić information content (AvgIpc) is 3.17. The molecule has 0 N–H and O–H groups in total. The summed E-state index contributed by atoms with van der Waals surface area (Å²) in [6, 6.07) is 14.5. The molecular weight excluding hydrogens is 668 g/mol. The van der Waals surface area contributed by atoms with Crippen LogP contribution in [-0.2, 0) is 9.47 Å². The van der Waals surface area contributed by atoms with Crippen molar-refractivity contribution in [3.8, 4) is 11.5 Å². The van der Waals surface area contributed by atoms with E-state index >= 15 is 0 Å². The molecule has 0 amide bonds. The summed E-state index contributed by atoms with van der Waals surface area (Å²) >= 11 is 51.5. The van der Waals surface area contributed by atoms with Gasteiger partial charge >= 0.3 is 0 Å². The van der Waals surface area contributed by atoms with Gasteiger partial charge in [0.25, 0.3) is 0 Å². The minimum atomic E-state index is -1.59. The summed E-state index contributed by atoms with van der Waals surface area (Å²) in [5.41, 5.74) is 0. The summed E-state index contributed by atoms with van der Waals surface area (Å²) in [4.78, 5) is 1.88. The van der Waals surface area contributed by atoms with Crippen LogP contribution in [0.2, 0.25) is 0 Å². The van der Waals surface area contributed by atoms with E-state index in [-0.39, 0.29) is 41.7 Å². The Bertz CT molecular complexity index is 1250. The maximum atomic E-state index is 6.44. The molecule has 0 saturated carbocycles. The first-order chi connectivity index (χ1) is 17.5. The minimum absolute atomic E-state index is 0.0332. The maximum Gasteiger partial charge on any atom is 0.239 e. The highest BCUT2D eigenvalue weighted by molar-refractivity contribution is 7.99. The Kier molecular flexibility index (Phi) is 9.27. The number of ether oxygens (including phenoxy) is 4. The molecule has 2 aliphatic carbocycles. The molecule has 13 heteroatoms. The largest absolute Gasteiger partial charge is 0.455 e. The molecule has 0 radical (unpaired) electrons. The van der Waals surface area contributed by atoms with Crippen LogP contribution in [0.25, 0.3) is 0 Å². The monoisotopic (exact) mass is 678 g/mol. The predicted octanol–water partition coefficient (Wildman–Crippen LogP) is 10.1. The standard InChI is InChI=1S/C24H14Cl8O4S/c1-33-23(31)19(29)15(25)17(27)21(23)35-11-3-7-13(8-4-11)37-14-9-5-12(6-10-14)36-22-18(28)16(26)20(30)24(22,32)34-2/h3-10H,1-2H3. The Morgan fingerprint density at radius 1 is 0.541 bits per heavy atom. The van der Waals surface area contributed by atoms with E-state index in [1.54, 1.807) is 24.3 Å². The Morgan fingerprint density at radius 2 is 0.865 bits per heavy atom. The van der Waals surface area contributed by atoms with Crippen LogP contribution in [0, 0.1) is 0 Å². The van der Waals surface area contributed by atoms with Crippen LogP contribution in [0.4, 0.5) is 0 Å². The second-order valence-corrected chi connectivity index (χ2v) is 11.9. The third-order valence-electron chi connectivity index (χ3n) is 5.20. The number of benzene rings is 2. The lowest BCUT2D eigenvalue weighted by atomic mass is 10.3. The van der Waals surface area contributed by atoms with Crippen molar-refractivity contribution in [2.24, 2.45) is 0 Å². The SMILES string of the molecule is COC1(Cl)C(Cl)=C(Cl)C(Cl)=C1Oc1ccc(Sc2ccc(OC3=C(Cl)C(Cl)=C(Cl)C3(Cl)OC)cc2)cc1. The van der Waals surface area contributed by atoms with Crippen molar-refractivity contribution in [3.05, 3.63) is 90.2 Å². The van der Waals surface area contributed by atoms with Gasteiger partial charge in [0.2, 0.25) is 10.1 Å². The fourth-order valence-electron chi connectivity index (χ4n) is 3.26. The molecule has 0 heterocycles. The van der Waals surface area contributed by atoms with Gasteiger partial charge in [0.1, 0.15) is 21.6 Å². The number of rotatable bonds is 8. The van der Waals surface area contributed by atoms with E-state index in [1.165, 1.54) is 26.0 Å². The van der Waals surface area contributed by atoms with Crippen LogP contribution in [0.1, 0.15) is 0 Å². The second kappa shape index (κ2) is 11.6. The topological polar surface area (TPSA) is 36.9 Å². The molecule has 4 rings (SSSR count). The average molecular weight is 682 g/mol. The number of hydrogen-bond donors (Lipinski definition) is 0. The van der Waals surface area contributed by atoms with Gasteiger partial charge in [-0.2, -0.15) is 0 Å². The summed E-state index contributed by atoms with van der Waals surface area (Å²) in [6.07, 6.45) is 0. The third-order valence-corrected chi connectivity index (χ3v) is 10.2. The van der Waals surface area contributed by atoms with Gasteiger partial charge < -0.3 is 18.9 Å². The van der Waals surface area contributed by atoms with E-state index in [9.17, 15) is 0 Å². The van der Waals surface area contributed by atoms with Crippen LogP contribution in [0.5, 0.6) is 11.5 Å². The molecule has 0 saturated heterocycles. The lowest BCUT2D eigenvalue weighted by Gasteiger charge is -2.24. The van der Waals surface area contributed by atoms with E-state index < -0.39 is 10.1 Å². The van der Waals surface area contributed by atoms with Gasteiger partial charge in [-0.05, 0) is 48.5 Å². The second-order valence-electron chi connectivity index (χ2n) is 7.39. The first kappa shape index (κ1) is 29.6. The Morgan fingerprint density at radius 3 is 1.16 bits per heavy atom. The molecule has 2 unspecified atom stereocenters. The van der Waals surface area contributed by atoms with Crippen molar-refractivity contribution in [3.63, 3.8) is 0 Å². The van der Waals surface area contributed by atoms with E-state index in [1.807, 2.05) is 24.3 Å². The van der Waals surface area contributed by atoms with Gasteiger partial charge in [0.15, 0.2) is 11.5 Å². The van der Waals surface area contributed by atoms with Crippen LogP contribution in [-0.4, -0.2) is 24.3 Å². The number of methoxy groups -OCH3 is 2. The highest BCUT2D eigenvalue weighted by Crippen LogP contribution is 2.52. The van der Waals surface area contributed by atoms with Crippen molar-refractivity contribution in [1.29, 1.82) is 0 Å². The molecular formula is C24H14Cl8O4S. The van der Waals surface area contributed by atoms with E-state index in [0.29, 0.717) is 11.5 Å². The van der Waals surface area contributed by atoms with Crippen LogP contribution in [0.15, 0.2) is 100 Å². The van der Waals surface area contributed by atoms with Gasteiger partial charge in [0, 0.05) is 24.0 Å². The highest BCUT2D eigenvalue weighted by Gasteiger charge is 2.49. The van der Waals surface area contributed by atoms with Gasteiger partial charge in [-0.25, -0.2) is 0 Å². The smallest absolute Gasteiger partial charge is 0.239 e. The third kappa shape index (κ3) is 5.48. The van der Waals surface area contributed by atoms with Crippen molar-refractivity contribution in [2.45, 2.75) is 19.9 Å². The van der Waals surface area contributed by atoms with Gasteiger partial charge in [0.05, 0.1) is 20.1 Å². The summed E-state index contributed by atoms with van der Waals surface area (Å²) in [7, 11) is 2.75. The van der Waals surface area contributed by atoms with Crippen molar-refractivity contribution < 1.29 is 18.9 Å². The number of allylic oxidation sites excluding steroid dienone is 4. The summed E-state index contributed by atoms with van der Waals surface area (Å²) in [5.74, 6) is 1.12. The fraction of sp³-hybridized carbons (Fsp3) is 0.167. The van der Waals surface area contributed by atoms with Gasteiger partial charge in [-0.1, -0.05) is 105 Å². The quantitative estimate of drug-likeness (QED) is 0.259. The molecule has 0 spiro atoms. The lowest BCUT2D eigenvalue weighted by Crippen LogP contribution is -2.28. The molecule has 37 heavy (non-hydrogen) atoms. The first-order valence-corrected chi connectivity index (χ1v) is 13.9. The zero-order valence-corrected chi connectivity index (χ0v) is 25.5. The molecule has 0 fully saturated rings. The zero-order valence-electron chi connectivity index (χ0n) is 18.7. The molecule has 196 valence electrons. The Hall–Kier alpha value is -0.410. The van der Waals surface area contributed by atoms with E-state index in [4.69, 9.17) is 112 Å². The summed E-state index contributed by atoms with van der Waals surface area (Å²) in [6.45, 7) is 0. The minimum Gasteiger partial charge on any atom is -0.455 e. The molecule has 2 atom stereocenters. The van der Waals surface area contributed by atoms with Crippen LogP contribution < -0.4 is 9.47 Å². The van der Waals surface area contributed by atoms with E-state index in [0.717, 1.165) is 9.79 Å². The van der Waals surface area contributed by atoms with E-state index in [2.05, 4.69) is 0 Å². The zero-order chi connectivity index (χ0) is 27.1. The summed E-state index contributed by atoms with van der Waals surface area (Å²) in [5, 5.41) is -2.82. The molecule has 2 aromatic rings. The molecule has 4 nitrogen and oxygen atoms in total. The number of alkyl halides is 2. The highest BCUT2D eigenvalue weighted by atomic mass is 35.5. The first-order valence-electron chi connectivity index (χ1n) is 10.1. The number of hydrogen-bond acceptors (Lipinski definition) is 5. The molecule has 0 aromatic heterocycles. The molecule has 2 aliphatic rings. The van der Waals surface area contributed by atoms with Crippen molar-refractivity contribution >= 4 is 105 Å². The van der Waals surface area contributed by atoms with Crippen LogP contribution in [0.3, 0.4) is 0 Å². The van der Waals surface area contributed by atoms with Gasteiger partial charge in [-0.3, -0.25) is 0 Å². The number of halogens is 8. The normalized spacial score (nSPS) is 24.1. The van der Waals surface area contributed by atoms with Crippen molar-refractivity contribution in [2.75, 3.05) is 14.2 Å².